The van der Waals surface area contributed by atoms with Crippen molar-refractivity contribution < 1.29 is 4.74 Å². The Morgan fingerprint density at radius 1 is 1.28 bits per heavy atom. The molecule has 1 fully saturated rings. The van der Waals surface area contributed by atoms with Gasteiger partial charge in [-0.3, -0.25) is 0 Å². The van der Waals surface area contributed by atoms with Crippen molar-refractivity contribution in [2.45, 2.75) is 57.8 Å². The van der Waals surface area contributed by atoms with E-state index in [0.717, 1.165) is 25.8 Å². The summed E-state index contributed by atoms with van der Waals surface area (Å²) in [6.07, 6.45) is 3.55. The fourth-order valence-electron chi connectivity index (χ4n) is 2.86. The summed E-state index contributed by atoms with van der Waals surface area (Å²) in [6, 6.07) is 11.0. The molecule has 0 amide bonds. The van der Waals surface area contributed by atoms with E-state index in [0.29, 0.717) is 6.04 Å². The second-order valence-electron chi connectivity index (χ2n) is 5.54. The molecule has 1 heterocycles. The number of nitrogens with one attached hydrogen (secondary N) is 1. The van der Waals surface area contributed by atoms with Gasteiger partial charge in [-0.2, -0.15) is 0 Å². The van der Waals surface area contributed by atoms with Crippen molar-refractivity contribution in [3.63, 3.8) is 0 Å². The molecule has 0 bridgehead atoms. The van der Waals surface area contributed by atoms with Crippen LogP contribution in [0.2, 0.25) is 0 Å². The molecule has 18 heavy (non-hydrogen) atoms. The number of rotatable bonds is 4. The minimum absolute atomic E-state index is 0.0269. The van der Waals surface area contributed by atoms with Crippen LogP contribution in [0.3, 0.4) is 0 Å². The number of morpholine rings is 1. The van der Waals surface area contributed by atoms with Crippen molar-refractivity contribution in [2.75, 3.05) is 6.54 Å². The van der Waals surface area contributed by atoms with Gasteiger partial charge < -0.3 is 10.1 Å². The third-order valence-corrected chi connectivity index (χ3v) is 3.86. The number of hydrogen-bond acceptors (Lipinski definition) is 2. The van der Waals surface area contributed by atoms with Crippen LogP contribution >= 0.6 is 0 Å². The van der Waals surface area contributed by atoms with Crippen molar-refractivity contribution in [3.8, 4) is 0 Å². The first kappa shape index (κ1) is 13.6. The third kappa shape index (κ3) is 2.93. The molecule has 2 heteroatoms. The maximum absolute atomic E-state index is 6.44. The molecule has 0 spiro atoms. The zero-order chi connectivity index (χ0) is 13.0. The van der Waals surface area contributed by atoms with Crippen LogP contribution in [0.15, 0.2) is 30.3 Å². The lowest BCUT2D eigenvalue weighted by Crippen LogP contribution is -2.54. The summed E-state index contributed by atoms with van der Waals surface area (Å²) in [4.78, 5) is 0. The van der Waals surface area contributed by atoms with Gasteiger partial charge in [0.2, 0.25) is 0 Å². The highest BCUT2D eigenvalue weighted by Gasteiger charge is 2.37. The lowest BCUT2D eigenvalue weighted by atomic mass is 9.91. The van der Waals surface area contributed by atoms with Crippen molar-refractivity contribution >= 4 is 0 Å². The van der Waals surface area contributed by atoms with Gasteiger partial charge in [0.15, 0.2) is 0 Å². The number of hydrogen-bond donors (Lipinski definition) is 1. The summed E-state index contributed by atoms with van der Waals surface area (Å²) in [6.45, 7) is 7.63. The molecular formula is C16H25NO. The van der Waals surface area contributed by atoms with Crippen molar-refractivity contribution in [3.05, 3.63) is 35.9 Å². The van der Waals surface area contributed by atoms with Gasteiger partial charge in [-0.15, -0.1) is 0 Å². The Morgan fingerprint density at radius 3 is 2.61 bits per heavy atom. The zero-order valence-corrected chi connectivity index (χ0v) is 11.8. The van der Waals surface area contributed by atoms with E-state index in [1.165, 1.54) is 5.56 Å². The van der Waals surface area contributed by atoms with E-state index >= 15 is 0 Å². The molecule has 0 aliphatic carbocycles. The van der Waals surface area contributed by atoms with Crippen LogP contribution in [0.4, 0.5) is 0 Å². The van der Waals surface area contributed by atoms with E-state index in [-0.39, 0.29) is 11.7 Å². The molecule has 2 nitrogen and oxygen atoms in total. The minimum atomic E-state index is -0.0269. The Hall–Kier alpha value is -0.860. The van der Waals surface area contributed by atoms with E-state index in [2.05, 4.69) is 56.4 Å². The predicted octanol–water partition coefficient (Wildman–Crippen LogP) is 3.68. The smallest absolute Gasteiger partial charge is 0.0985 e. The largest absolute Gasteiger partial charge is 0.364 e. The second-order valence-corrected chi connectivity index (χ2v) is 5.54. The van der Waals surface area contributed by atoms with Gasteiger partial charge in [-0.25, -0.2) is 0 Å². The van der Waals surface area contributed by atoms with Gasteiger partial charge in [0.05, 0.1) is 11.7 Å². The Bertz CT molecular complexity index is 365. The summed E-state index contributed by atoms with van der Waals surface area (Å²) in [5.74, 6) is 0. The molecule has 0 radical (unpaired) electrons. The quantitative estimate of drug-likeness (QED) is 0.876. The van der Waals surface area contributed by atoms with Gasteiger partial charge >= 0.3 is 0 Å². The standard InChI is InChI=1S/C16H25NO/c1-4-11-16(3)12-17-14(5-2)15(18-16)13-9-7-6-8-10-13/h6-10,14-15,17H,4-5,11-12H2,1-3H3. The number of benzene rings is 1. The van der Waals surface area contributed by atoms with Crippen molar-refractivity contribution in [2.24, 2.45) is 0 Å². The first-order valence-electron chi connectivity index (χ1n) is 7.14. The summed E-state index contributed by atoms with van der Waals surface area (Å²) < 4.78 is 6.44. The highest BCUT2D eigenvalue weighted by molar-refractivity contribution is 5.20. The maximum atomic E-state index is 6.44. The fourth-order valence-corrected chi connectivity index (χ4v) is 2.86. The van der Waals surface area contributed by atoms with Gasteiger partial charge in [0.25, 0.3) is 0 Å². The molecule has 100 valence electrons. The van der Waals surface area contributed by atoms with E-state index < -0.39 is 0 Å². The van der Waals surface area contributed by atoms with Crippen LogP contribution in [0, 0.1) is 0 Å². The highest BCUT2D eigenvalue weighted by atomic mass is 16.5. The lowest BCUT2D eigenvalue weighted by Gasteiger charge is -2.44. The third-order valence-electron chi connectivity index (χ3n) is 3.86. The molecule has 3 unspecified atom stereocenters. The van der Waals surface area contributed by atoms with E-state index in [4.69, 9.17) is 4.74 Å². The summed E-state index contributed by atoms with van der Waals surface area (Å²) >= 11 is 0. The second kappa shape index (κ2) is 5.85. The van der Waals surface area contributed by atoms with Gasteiger partial charge in [-0.05, 0) is 25.3 Å². The van der Waals surface area contributed by atoms with Gasteiger partial charge in [-0.1, -0.05) is 50.6 Å². The fraction of sp³-hybridized carbons (Fsp3) is 0.625. The van der Waals surface area contributed by atoms with E-state index in [9.17, 15) is 0 Å². The topological polar surface area (TPSA) is 21.3 Å². The lowest BCUT2D eigenvalue weighted by molar-refractivity contribution is -0.132. The Labute approximate surface area is 111 Å². The SMILES string of the molecule is CCCC1(C)CNC(CC)C(c2ccccc2)O1. The van der Waals surface area contributed by atoms with Crippen LogP contribution in [-0.4, -0.2) is 18.2 Å². The molecule has 1 saturated heterocycles. The summed E-state index contributed by atoms with van der Waals surface area (Å²) in [7, 11) is 0. The Kier molecular flexibility index (Phi) is 4.41. The normalized spacial score (nSPS) is 32.4. The summed E-state index contributed by atoms with van der Waals surface area (Å²) in [5.41, 5.74) is 1.26. The van der Waals surface area contributed by atoms with Crippen molar-refractivity contribution in [1.82, 2.24) is 5.32 Å². The average molecular weight is 247 g/mol. The molecule has 0 aromatic heterocycles. The van der Waals surface area contributed by atoms with Gasteiger partial charge in [0.1, 0.15) is 0 Å². The van der Waals surface area contributed by atoms with Crippen LogP contribution in [0.1, 0.15) is 51.7 Å². The Morgan fingerprint density at radius 2 is 2.00 bits per heavy atom. The molecule has 0 saturated carbocycles. The van der Waals surface area contributed by atoms with Crippen LogP contribution in [0.5, 0.6) is 0 Å². The molecular weight excluding hydrogens is 222 g/mol. The highest BCUT2D eigenvalue weighted by Crippen LogP contribution is 2.34. The van der Waals surface area contributed by atoms with Crippen molar-refractivity contribution in [1.29, 1.82) is 0 Å². The van der Waals surface area contributed by atoms with E-state index in [1.807, 2.05) is 0 Å². The van der Waals surface area contributed by atoms with E-state index in [1.54, 1.807) is 0 Å². The average Bonchev–Trinajstić information content (AvgIpc) is 2.40. The molecule has 1 aromatic carbocycles. The summed E-state index contributed by atoms with van der Waals surface area (Å²) in [5, 5.41) is 3.67. The maximum Gasteiger partial charge on any atom is 0.0985 e. The molecule has 1 aliphatic rings. The minimum Gasteiger partial charge on any atom is -0.364 e. The first-order valence-corrected chi connectivity index (χ1v) is 7.14. The monoisotopic (exact) mass is 247 g/mol. The van der Waals surface area contributed by atoms with Crippen LogP contribution in [0.25, 0.3) is 0 Å². The first-order chi connectivity index (χ1) is 8.68. The molecule has 1 N–H and O–H groups in total. The Balaban J connectivity index is 2.18. The molecule has 1 aromatic rings. The molecule has 2 rings (SSSR count). The van der Waals surface area contributed by atoms with Gasteiger partial charge in [0, 0.05) is 12.6 Å². The van der Waals surface area contributed by atoms with Crippen LogP contribution < -0.4 is 5.32 Å². The molecule has 1 aliphatic heterocycles. The predicted molar refractivity (Wildman–Crippen MR) is 75.7 cm³/mol. The zero-order valence-electron chi connectivity index (χ0n) is 11.8. The van der Waals surface area contributed by atoms with Crippen LogP contribution in [-0.2, 0) is 4.74 Å². The molecule has 3 atom stereocenters. The number of ether oxygens (including phenoxy) is 1.